The van der Waals surface area contributed by atoms with Gasteiger partial charge in [0.2, 0.25) is 0 Å². The van der Waals surface area contributed by atoms with E-state index < -0.39 is 0 Å². The third-order valence-electron chi connectivity index (χ3n) is 2.69. The molecule has 2 heterocycles. The van der Waals surface area contributed by atoms with Gasteiger partial charge in [0, 0.05) is 10.8 Å². The lowest BCUT2D eigenvalue weighted by atomic mass is 10.1. The Labute approximate surface area is 92.8 Å². The van der Waals surface area contributed by atoms with E-state index in [0.717, 1.165) is 41.7 Å². The fraction of sp³-hybridized carbons (Fsp3) is 0.250. The number of aromatic nitrogens is 1. The minimum Gasteiger partial charge on any atom is -0.491 e. The number of hydrogen-bond acceptors (Lipinski definition) is 2. The van der Waals surface area contributed by atoms with Crippen LogP contribution >= 0.6 is 11.6 Å². The predicted molar refractivity (Wildman–Crippen MR) is 60.6 cm³/mol. The molecule has 0 bridgehead atoms. The molecule has 1 aromatic carbocycles. The molecular formula is C12H10ClNO. The first kappa shape index (κ1) is 8.98. The van der Waals surface area contributed by atoms with Crippen molar-refractivity contribution in [3.05, 3.63) is 35.1 Å². The Balaban J connectivity index is 2.39. The Morgan fingerprint density at radius 3 is 2.87 bits per heavy atom. The topological polar surface area (TPSA) is 22.1 Å². The van der Waals surface area contributed by atoms with E-state index in [1.54, 1.807) is 0 Å². The summed E-state index contributed by atoms with van der Waals surface area (Å²) in [6.45, 7) is 0.778. The molecular weight excluding hydrogens is 210 g/mol. The second kappa shape index (κ2) is 3.38. The second-order valence-electron chi connectivity index (χ2n) is 3.68. The first-order valence-corrected chi connectivity index (χ1v) is 5.44. The molecule has 2 aromatic rings. The van der Waals surface area contributed by atoms with Gasteiger partial charge in [0.05, 0.1) is 12.3 Å². The lowest BCUT2D eigenvalue weighted by molar-refractivity contribution is 0.289. The van der Waals surface area contributed by atoms with Crippen LogP contribution < -0.4 is 4.74 Å². The van der Waals surface area contributed by atoms with Gasteiger partial charge < -0.3 is 4.74 Å². The predicted octanol–water partition coefficient (Wildman–Crippen LogP) is 3.21. The second-order valence-corrected chi connectivity index (χ2v) is 4.03. The van der Waals surface area contributed by atoms with Crippen LogP contribution in [0.3, 0.4) is 0 Å². The SMILES string of the molecule is Clc1nc2c(c3ccccc13)OCCC2. The highest BCUT2D eigenvalue weighted by Crippen LogP contribution is 2.35. The van der Waals surface area contributed by atoms with Crippen LogP contribution in [0.25, 0.3) is 10.8 Å². The molecule has 0 N–H and O–H groups in total. The van der Waals surface area contributed by atoms with Gasteiger partial charge in [-0.2, -0.15) is 0 Å². The van der Waals surface area contributed by atoms with Gasteiger partial charge in [-0.05, 0) is 12.8 Å². The molecule has 0 fully saturated rings. The molecule has 0 radical (unpaired) electrons. The average Bonchev–Trinajstić information content (AvgIpc) is 2.30. The summed E-state index contributed by atoms with van der Waals surface area (Å²) in [5.74, 6) is 0.918. The number of aryl methyl sites for hydroxylation is 1. The van der Waals surface area contributed by atoms with E-state index in [1.807, 2.05) is 24.3 Å². The Kier molecular flexibility index (Phi) is 2.03. The van der Waals surface area contributed by atoms with Gasteiger partial charge in [-0.25, -0.2) is 4.98 Å². The van der Waals surface area contributed by atoms with Crippen molar-refractivity contribution in [1.82, 2.24) is 4.98 Å². The number of pyridine rings is 1. The van der Waals surface area contributed by atoms with Gasteiger partial charge in [0.1, 0.15) is 10.9 Å². The van der Waals surface area contributed by atoms with Crippen molar-refractivity contribution in [1.29, 1.82) is 0 Å². The maximum atomic E-state index is 6.13. The van der Waals surface area contributed by atoms with E-state index in [1.165, 1.54) is 0 Å². The highest BCUT2D eigenvalue weighted by atomic mass is 35.5. The fourth-order valence-corrected chi connectivity index (χ4v) is 2.26. The van der Waals surface area contributed by atoms with Crippen molar-refractivity contribution in [3.8, 4) is 5.75 Å². The summed E-state index contributed by atoms with van der Waals surface area (Å²) in [6.07, 6.45) is 1.98. The summed E-state index contributed by atoms with van der Waals surface area (Å²) >= 11 is 6.13. The number of fused-ring (bicyclic) bond motifs is 3. The van der Waals surface area contributed by atoms with Crippen molar-refractivity contribution in [2.75, 3.05) is 6.61 Å². The van der Waals surface area contributed by atoms with Crippen LogP contribution in [-0.2, 0) is 6.42 Å². The monoisotopic (exact) mass is 219 g/mol. The van der Waals surface area contributed by atoms with Gasteiger partial charge in [-0.15, -0.1) is 0 Å². The first-order valence-electron chi connectivity index (χ1n) is 5.06. The normalized spacial score (nSPS) is 14.7. The van der Waals surface area contributed by atoms with Crippen LogP contribution in [0, 0.1) is 0 Å². The van der Waals surface area contributed by atoms with Gasteiger partial charge in [0.15, 0.2) is 0 Å². The van der Waals surface area contributed by atoms with E-state index in [2.05, 4.69) is 4.98 Å². The van der Waals surface area contributed by atoms with Crippen LogP contribution in [-0.4, -0.2) is 11.6 Å². The molecule has 0 aliphatic carbocycles. The molecule has 1 aromatic heterocycles. The van der Waals surface area contributed by atoms with E-state index in [4.69, 9.17) is 16.3 Å². The summed E-state index contributed by atoms with van der Waals surface area (Å²) in [5.41, 5.74) is 0.991. The lowest BCUT2D eigenvalue weighted by Crippen LogP contribution is -2.10. The fourth-order valence-electron chi connectivity index (χ4n) is 1.99. The van der Waals surface area contributed by atoms with Crippen LogP contribution in [0.15, 0.2) is 24.3 Å². The van der Waals surface area contributed by atoms with Gasteiger partial charge >= 0.3 is 0 Å². The minimum atomic E-state index is 0.579. The number of rotatable bonds is 0. The molecule has 1 aliphatic rings. The van der Waals surface area contributed by atoms with Crippen LogP contribution in [0.5, 0.6) is 5.75 Å². The molecule has 3 rings (SSSR count). The van der Waals surface area contributed by atoms with Crippen LogP contribution in [0.4, 0.5) is 0 Å². The molecule has 2 nitrogen and oxygen atoms in total. The Bertz CT molecular complexity index is 524. The lowest BCUT2D eigenvalue weighted by Gasteiger charge is -2.18. The minimum absolute atomic E-state index is 0.579. The Morgan fingerprint density at radius 1 is 1.20 bits per heavy atom. The van der Waals surface area contributed by atoms with E-state index >= 15 is 0 Å². The maximum absolute atomic E-state index is 6.13. The largest absolute Gasteiger partial charge is 0.491 e. The number of nitrogens with zero attached hydrogens (tertiary/aromatic N) is 1. The molecule has 0 saturated heterocycles. The van der Waals surface area contributed by atoms with Gasteiger partial charge in [-0.1, -0.05) is 35.9 Å². The Morgan fingerprint density at radius 2 is 2.00 bits per heavy atom. The smallest absolute Gasteiger partial charge is 0.148 e. The van der Waals surface area contributed by atoms with Crippen molar-refractivity contribution in [2.24, 2.45) is 0 Å². The molecule has 3 heteroatoms. The molecule has 0 spiro atoms. The Hall–Kier alpha value is -1.28. The van der Waals surface area contributed by atoms with Gasteiger partial charge in [-0.3, -0.25) is 0 Å². The summed E-state index contributed by atoms with van der Waals surface area (Å²) in [7, 11) is 0. The van der Waals surface area contributed by atoms with Crippen LogP contribution in [0.1, 0.15) is 12.1 Å². The zero-order chi connectivity index (χ0) is 10.3. The number of hydrogen-bond donors (Lipinski definition) is 0. The summed E-state index contributed by atoms with van der Waals surface area (Å²) in [6, 6.07) is 7.97. The first-order chi connectivity index (χ1) is 7.36. The summed E-state index contributed by atoms with van der Waals surface area (Å²) < 4.78 is 5.67. The maximum Gasteiger partial charge on any atom is 0.148 e. The third-order valence-corrected chi connectivity index (χ3v) is 2.98. The summed E-state index contributed by atoms with van der Waals surface area (Å²) in [4.78, 5) is 4.38. The molecule has 1 aliphatic heterocycles. The zero-order valence-electron chi connectivity index (χ0n) is 8.16. The van der Waals surface area contributed by atoms with E-state index in [0.29, 0.717) is 5.15 Å². The van der Waals surface area contributed by atoms with E-state index in [9.17, 15) is 0 Å². The molecule has 15 heavy (non-hydrogen) atoms. The molecule has 0 saturated carbocycles. The molecule has 0 unspecified atom stereocenters. The zero-order valence-corrected chi connectivity index (χ0v) is 8.92. The summed E-state index contributed by atoms with van der Waals surface area (Å²) in [5, 5.41) is 2.63. The van der Waals surface area contributed by atoms with Crippen molar-refractivity contribution in [2.45, 2.75) is 12.8 Å². The van der Waals surface area contributed by atoms with Crippen molar-refractivity contribution < 1.29 is 4.74 Å². The highest BCUT2D eigenvalue weighted by Gasteiger charge is 2.16. The van der Waals surface area contributed by atoms with E-state index in [-0.39, 0.29) is 0 Å². The number of ether oxygens (including phenoxy) is 1. The highest BCUT2D eigenvalue weighted by molar-refractivity contribution is 6.34. The quantitative estimate of drug-likeness (QED) is 0.635. The standard InChI is InChI=1S/C12H10ClNO/c13-12-9-5-2-1-4-8(9)11-10(14-12)6-3-7-15-11/h1-2,4-5H,3,6-7H2. The average molecular weight is 220 g/mol. The van der Waals surface area contributed by atoms with Crippen LogP contribution in [0.2, 0.25) is 5.15 Å². The number of halogens is 1. The van der Waals surface area contributed by atoms with Gasteiger partial charge in [0.25, 0.3) is 0 Å². The number of benzene rings is 1. The van der Waals surface area contributed by atoms with Crippen molar-refractivity contribution >= 4 is 22.4 Å². The molecule has 0 atom stereocenters. The third kappa shape index (κ3) is 1.37. The molecule has 0 amide bonds. The van der Waals surface area contributed by atoms with Crippen molar-refractivity contribution in [3.63, 3.8) is 0 Å². The molecule has 76 valence electrons.